The Morgan fingerprint density at radius 3 is 1.80 bits per heavy atom. The van der Waals surface area contributed by atoms with E-state index in [1.54, 1.807) is 0 Å². The molecule has 9 rings (SSSR count). The van der Waals surface area contributed by atoms with Gasteiger partial charge in [-0.05, 0) is 111 Å². The molecule has 0 N–H and O–H groups in total. The zero-order valence-electron chi connectivity index (χ0n) is 30.8. The van der Waals surface area contributed by atoms with Crippen LogP contribution in [0.2, 0.25) is 0 Å². The highest BCUT2D eigenvalue weighted by Crippen LogP contribution is 2.50. The SMILES string of the molecule is C=C1/C=C\C=C/CN(c2ccccc2)c2ccc(-c3ccc(N(c4ccc(-c5ccccc5)cc4)c4ccc5c(c4)C(C)(C)c4ccccc4-5)cc3)cc21. The van der Waals surface area contributed by atoms with Crippen LogP contribution in [0.3, 0.4) is 0 Å². The lowest BCUT2D eigenvalue weighted by atomic mass is 9.82. The van der Waals surface area contributed by atoms with Crippen molar-refractivity contribution < 1.29 is 0 Å². The average Bonchev–Trinajstić information content (AvgIpc) is 3.49. The standard InChI is InChI=1S/C52H42N2/c1-37-15-7-6-14-34-53(42-18-10-5-11-19-42)51-33-26-41(35-48(37)51)40-24-29-44(30-25-40)54(43-27-22-39(23-28-43)38-16-8-4-9-17-38)45-31-32-47-46-20-12-13-21-49(46)52(2,3)50(47)36-45/h4-33,35-36H,1,34H2,2-3H3/b14-6-,15-7-. The fourth-order valence-electron chi connectivity index (χ4n) is 8.18. The van der Waals surface area contributed by atoms with E-state index in [1.165, 1.54) is 33.4 Å². The molecule has 2 aliphatic rings. The van der Waals surface area contributed by atoms with E-state index in [1.807, 2.05) is 0 Å². The van der Waals surface area contributed by atoms with Gasteiger partial charge in [-0.2, -0.15) is 0 Å². The van der Waals surface area contributed by atoms with Crippen LogP contribution in [0.1, 0.15) is 30.5 Å². The van der Waals surface area contributed by atoms with Crippen molar-refractivity contribution in [2.24, 2.45) is 0 Å². The molecule has 54 heavy (non-hydrogen) atoms. The minimum absolute atomic E-state index is 0.0939. The third-order valence-electron chi connectivity index (χ3n) is 11.1. The summed E-state index contributed by atoms with van der Waals surface area (Å²) in [5.74, 6) is 0. The molecule has 0 bridgehead atoms. The van der Waals surface area contributed by atoms with Crippen LogP contribution in [-0.2, 0) is 5.41 Å². The van der Waals surface area contributed by atoms with E-state index in [0.717, 1.165) is 57.2 Å². The summed E-state index contributed by atoms with van der Waals surface area (Å²) in [4.78, 5) is 4.74. The smallest absolute Gasteiger partial charge is 0.0493 e. The average molecular weight is 695 g/mol. The lowest BCUT2D eigenvalue weighted by molar-refractivity contribution is 0.660. The maximum absolute atomic E-state index is 4.49. The van der Waals surface area contributed by atoms with Crippen molar-refractivity contribution in [1.82, 2.24) is 0 Å². The monoisotopic (exact) mass is 694 g/mol. The maximum atomic E-state index is 4.49. The Hall–Kier alpha value is -6.64. The minimum atomic E-state index is -0.0939. The van der Waals surface area contributed by atoms with Crippen molar-refractivity contribution >= 4 is 34.0 Å². The largest absolute Gasteiger partial charge is 0.337 e. The summed E-state index contributed by atoms with van der Waals surface area (Å²) < 4.78 is 0. The molecule has 0 saturated heterocycles. The van der Waals surface area contributed by atoms with Crippen molar-refractivity contribution in [3.8, 4) is 33.4 Å². The second-order valence-electron chi connectivity index (χ2n) is 14.7. The Morgan fingerprint density at radius 2 is 1.07 bits per heavy atom. The molecule has 0 radical (unpaired) electrons. The van der Waals surface area contributed by atoms with Crippen LogP contribution >= 0.6 is 0 Å². The van der Waals surface area contributed by atoms with Gasteiger partial charge >= 0.3 is 0 Å². The topological polar surface area (TPSA) is 6.48 Å². The quantitative estimate of drug-likeness (QED) is 0.171. The van der Waals surface area contributed by atoms with Crippen LogP contribution in [0, 0.1) is 0 Å². The van der Waals surface area contributed by atoms with Gasteiger partial charge in [0, 0.05) is 46.0 Å². The normalized spacial score (nSPS) is 15.2. The fourth-order valence-corrected chi connectivity index (χ4v) is 8.18. The molecule has 260 valence electrons. The summed E-state index contributed by atoms with van der Waals surface area (Å²) in [6.07, 6.45) is 8.49. The van der Waals surface area contributed by atoms with E-state index in [-0.39, 0.29) is 5.41 Å². The van der Waals surface area contributed by atoms with Gasteiger partial charge in [-0.15, -0.1) is 0 Å². The third kappa shape index (κ3) is 5.96. The van der Waals surface area contributed by atoms with Gasteiger partial charge in [-0.25, -0.2) is 0 Å². The van der Waals surface area contributed by atoms with E-state index in [2.05, 4.69) is 224 Å². The summed E-state index contributed by atoms with van der Waals surface area (Å²) in [5.41, 5.74) is 17.8. The molecular formula is C52H42N2. The van der Waals surface area contributed by atoms with Crippen molar-refractivity contribution in [2.45, 2.75) is 19.3 Å². The lowest BCUT2D eigenvalue weighted by Crippen LogP contribution is -2.18. The Kier molecular flexibility index (Phi) is 8.44. The second-order valence-corrected chi connectivity index (χ2v) is 14.7. The van der Waals surface area contributed by atoms with Gasteiger partial charge < -0.3 is 9.80 Å². The zero-order chi connectivity index (χ0) is 36.6. The highest BCUT2D eigenvalue weighted by atomic mass is 15.1. The predicted molar refractivity (Wildman–Crippen MR) is 230 cm³/mol. The van der Waals surface area contributed by atoms with Gasteiger partial charge in [0.1, 0.15) is 0 Å². The van der Waals surface area contributed by atoms with Crippen LogP contribution in [-0.4, -0.2) is 6.54 Å². The summed E-state index contributed by atoms with van der Waals surface area (Å²) in [7, 11) is 0. The van der Waals surface area contributed by atoms with E-state index >= 15 is 0 Å². The molecule has 7 aromatic rings. The van der Waals surface area contributed by atoms with Crippen LogP contribution < -0.4 is 9.80 Å². The first-order valence-corrected chi connectivity index (χ1v) is 18.8. The van der Waals surface area contributed by atoms with Gasteiger partial charge in [0.25, 0.3) is 0 Å². The molecule has 1 aliphatic heterocycles. The predicted octanol–water partition coefficient (Wildman–Crippen LogP) is 14.1. The van der Waals surface area contributed by atoms with Gasteiger partial charge in [0.05, 0.1) is 0 Å². The van der Waals surface area contributed by atoms with Crippen LogP contribution in [0.5, 0.6) is 0 Å². The van der Waals surface area contributed by atoms with Crippen molar-refractivity contribution in [1.29, 1.82) is 0 Å². The number of nitrogens with zero attached hydrogens (tertiary/aromatic N) is 2. The molecule has 2 heteroatoms. The molecule has 0 aromatic heterocycles. The number of rotatable bonds is 6. The summed E-state index contributed by atoms with van der Waals surface area (Å²) in [6.45, 7) is 9.95. The van der Waals surface area contributed by atoms with Crippen LogP contribution in [0.25, 0.3) is 39.0 Å². The summed E-state index contributed by atoms with van der Waals surface area (Å²) in [5, 5.41) is 0. The molecule has 0 unspecified atom stereocenters. The Bertz CT molecular complexity index is 2540. The highest BCUT2D eigenvalue weighted by molar-refractivity contribution is 5.89. The Balaban J connectivity index is 1.11. The minimum Gasteiger partial charge on any atom is -0.337 e. The fraction of sp³-hybridized carbons (Fsp3) is 0.0769. The second kappa shape index (κ2) is 13.7. The van der Waals surface area contributed by atoms with Gasteiger partial charge in [0.2, 0.25) is 0 Å². The van der Waals surface area contributed by atoms with E-state index < -0.39 is 0 Å². The first-order valence-electron chi connectivity index (χ1n) is 18.8. The number of para-hydroxylation sites is 1. The first-order chi connectivity index (χ1) is 26.5. The molecule has 1 aliphatic carbocycles. The van der Waals surface area contributed by atoms with E-state index in [9.17, 15) is 0 Å². The number of benzene rings is 7. The molecule has 0 fully saturated rings. The number of hydrogen-bond donors (Lipinski definition) is 0. The maximum Gasteiger partial charge on any atom is 0.0493 e. The first kappa shape index (κ1) is 33.2. The lowest BCUT2D eigenvalue weighted by Gasteiger charge is -2.28. The summed E-state index contributed by atoms with van der Waals surface area (Å²) >= 11 is 0. The number of fused-ring (bicyclic) bond motifs is 4. The Morgan fingerprint density at radius 1 is 0.500 bits per heavy atom. The molecule has 1 heterocycles. The molecule has 0 atom stereocenters. The molecule has 0 amide bonds. The van der Waals surface area contributed by atoms with E-state index in [4.69, 9.17) is 0 Å². The number of anilines is 5. The van der Waals surface area contributed by atoms with E-state index in [0.29, 0.717) is 0 Å². The highest BCUT2D eigenvalue weighted by Gasteiger charge is 2.35. The third-order valence-corrected chi connectivity index (χ3v) is 11.1. The van der Waals surface area contributed by atoms with Crippen molar-refractivity contribution in [3.63, 3.8) is 0 Å². The van der Waals surface area contributed by atoms with Gasteiger partial charge in [-0.3, -0.25) is 0 Å². The van der Waals surface area contributed by atoms with Gasteiger partial charge in [-0.1, -0.05) is 154 Å². The van der Waals surface area contributed by atoms with Crippen molar-refractivity contribution in [3.05, 3.63) is 217 Å². The number of hydrogen-bond acceptors (Lipinski definition) is 2. The van der Waals surface area contributed by atoms with Crippen molar-refractivity contribution in [2.75, 3.05) is 16.3 Å². The van der Waals surface area contributed by atoms with Crippen LogP contribution in [0.15, 0.2) is 201 Å². The summed E-state index contributed by atoms with van der Waals surface area (Å²) in [6, 6.07) is 61.7. The molecule has 7 aromatic carbocycles. The molecular weight excluding hydrogens is 653 g/mol. The Labute approximate surface area is 319 Å². The zero-order valence-corrected chi connectivity index (χ0v) is 30.8. The molecule has 0 saturated carbocycles. The molecule has 2 nitrogen and oxygen atoms in total. The van der Waals surface area contributed by atoms with Gasteiger partial charge in [0.15, 0.2) is 0 Å². The number of allylic oxidation sites excluding steroid dienone is 4. The van der Waals surface area contributed by atoms with Crippen LogP contribution in [0.4, 0.5) is 28.4 Å². The molecule has 0 spiro atoms.